The summed E-state index contributed by atoms with van der Waals surface area (Å²) in [6.07, 6.45) is 2.52. The van der Waals surface area contributed by atoms with Gasteiger partial charge in [0.2, 0.25) is 5.91 Å². The summed E-state index contributed by atoms with van der Waals surface area (Å²) in [4.78, 5) is 27.8. The van der Waals surface area contributed by atoms with E-state index in [4.69, 9.17) is 4.74 Å². The molecule has 0 radical (unpaired) electrons. The van der Waals surface area contributed by atoms with Gasteiger partial charge in [0.05, 0.1) is 23.5 Å². The van der Waals surface area contributed by atoms with Crippen LogP contribution in [0, 0.1) is 16.2 Å². The maximum Gasteiger partial charge on any atom is 0.228 e. The molecule has 3 aliphatic rings. The molecular formula is C18H29BrN2O3. The second-order valence-electron chi connectivity index (χ2n) is 8.22. The number of hydrogen-bond donors (Lipinski definition) is 1. The van der Waals surface area contributed by atoms with E-state index in [9.17, 15) is 9.59 Å². The number of hydrogen-bond acceptors (Lipinski definition) is 4. The molecule has 1 aliphatic heterocycles. The number of amides is 1. The summed E-state index contributed by atoms with van der Waals surface area (Å²) in [5.41, 5.74) is -1.33. The first-order valence-corrected chi connectivity index (χ1v) is 9.96. The number of nitrogens with zero attached hydrogens (tertiary/aromatic N) is 1. The van der Waals surface area contributed by atoms with E-state index in [2.05, 4.69) is 40.0 Å². The van der Waals surface area contributed by atoms with Gasteiger partial charge in [-0.25, -0.2) is 0 Å². The first-order valence-electron chi connectivity index (χ1n) is 9.04. The van der Waals surface area contributed by atoms with Crippen molar-refractivity contribution >= 4 is 27.6 Å². The van der Waals surface area contributed by atoms with Crippen LogP contribution >= 0.6 is 15.9 Å². The molecule has 6 heteroatoms. The predicted molar refractivity (Wildman–Crippen MR) is 96.2 cm³/mol. The molecule has 24 heavy (non-hydrogen) atoms. The van der Waals surface area contributed by atoms with E-state index in [-0.39, 0.29) is 21.9 Å². The van der Waals surface area contributed by atoms with Crippen LogP contribution in [0.3, 0.4) is 0 Å². The molecule has 3 atom stereocenters. The molecule has 1 amide bonds. The van der Waals surface area contributed by atoms with Gasteiger partial charge in [-0.15, -0.1) is 0 Å². The van der Waals surface area contributed by atoms with Crippen LogP contribution in [0.4, 0.5) is 0 Å². The quantitative estimate of drug-likeness (QED) is 0.566. The standard InChI is InChI=1S/C18H29BrN2O3/c1-16(2)17(3)5-6-18(16,13(19)14(17)22)15(23)20-7-4-8-21-9-11-24-12-10-21/h13H,4-12H2,1-3H3,(H,20,23)/t13-,17+,18+/m1/s1. The van der Waals surface area contributed by atoms with Crippen molar-refractivity contribution in [3.8, 4) is 0 Å². The minimum Gasteiger partial charge on any atom is -0.379 e. The van der Waals surface area contributed by atoms with Crippen LogP contribution < -0.4 is 5.32 Å². The van der Waals surface area contributed by atoms with Gasteiger partial charge in [-0.1, -0.05) is 36.7 Å². The highest BCUT2D eigenvalue weighted by Gasteiger charge is 2.76. The number of ketones is 1. The Morgan fingerprint density at radius 1 is 1.29 bits per heavy atom. The molecule has 3 rings (SSSR count). The highest BCUT2D eigenvalue weighted by Crippen LogP contribution is 2.72. The molecule has 0 aromatic carbocycles. The zero-order valence-electron chi connectivity index (χ0n) is 15.0. The van der Waals surface area contributed by atoms with E-state index >= 15 is 0 Å². The van der Waals surface area contributed by atoms with Crippen molar-refractivity contribution < 1.29 is 14.3 Å². The van der Waals surface area contributed by atoms with E-state index in [1.165, 1.54) is 0 Å². The summed E-state index contributed by atoms with van der Waals surface area (Å²) in [5, 5.41) is 3.13. The maximum atomic E-state index is 13.1. The van der Waals surface area contributed by atoms with Gasteiger partial charge in [-0.3, -0.25) is 14.5 Å². The highest BCUT2D eigenvalue weighted by atomic mass is 79.9. The normalized spacial score (nSPS) is 38.5. The van der Waals surface area contributed by atoms with E-state index in [0.717, 1.165) is 52.1 Å². The first kappa shape index (κ1) is 18.3. The zero-order valence-corrected chi connectivity index (χ0v) is 16.6. The summed E-state index contributed by atoms with van der Waals surface area (Å²) >= 11 is 3.57. The molecule has 5 nitrogen and oxygen atoms in total. The maximum absolute atomic E-state index is 13.1. The number of rotatable bonds is 5. The number of halogens is 1. The molecule has 0 aromatic heterocycles. The molecule has 0 aromatic rings. The summed E-state index contributed by atoms with van der Waals surface area (Å²) in [6, 6.07) is 0. The monoisotopic (exact) mass is 400 g/mol. The molecule has 2 aliphatic carbocycles. The molecule has 0 spiro atoms. The Balaban J connectivity index is 1.59. The van der Waals surface area contributed by atoms with Crippen LogP contribution in [0.15, 0.2) is 0 Å². The second kappa shape index (κ2) is 6.36. The van der Waals surface area contributed by atoms with Crippen LogP contribution in [0.5, 0.6) is 0 Å². The third-order valence-corrected chi connectivity index (χ3v) is 8.36. The van der Waals surface area contributed by atoms with E-state index in [1.807, 2.05) is 6.92 Å². The van der Waals surface area contributed by atoms with Crippen molar-refractivity contribution in [1.29, 1.82) is 0 Å². The van der Waals surface area contributed by atoms with Crippen LogP contribution in [-0.4, -0.2) is 60.8 Å². The second-order valence-corrected chi connectivity index (χ2v) is 9.13. The minimum absolute atomic E-state index is 0.0472. The third-order valence-electron chi connectivity index (χ3n) is 7.17. The van der Waals surface area contributed by atoms with E-state index in [1.54, 1.807) is 0 Å². The average molecular weight is 401 g/mol. The predicted octanol–water partition coefficient (Wildman–Crippen LogP) is 1.98. The molecule has 2 saturated carbocycles. The third kappa shape index (κ3) is 2.40. The molecule has 2 bridgehead atoms. The number of Topliss-reactive ketones (excluding diaryl/α,β-unsaturated/α-hetero) is 1. The topological polar surface area (TPSA) is 58.6 Å². The summed E-state index contributed by atoms with van der Waals surface area (Å²) in [7, 11) is 0. The van der Waals surface area contributed by atoms with E-state index in [0.29, 0.717) is 6.54 Å². The Morgan fingerprint density at radius 3 is 2.54 bits per heavy atom. The fraction of sp³-hybridized carbons (Fsp3) is 0.889. The highest BCUT2D eigenvalue weighted by molar-refractivity contribution is 9.10. The summed E-state index contributed by atoms with van der Waals surface area (Å²) in [5.74, 6) is 0.244. The van der Waals surface area contributed by atoms with Crippen molar-refractivity contribution in [3.05, 3.63) is 0 Å². The van der Waals surface area contributed by atoms with Gasteiger partial charge < -0.3 is 10.1 Å². The van der Waals surface area contributed by atoms with Crippen LogP contribution in [0.1, 0.15) is 40.0 Å². The van der Waals surface area contributed by atoms with Gasteiger partial charge in [0, 0.05) is 25.0 Å². The number of carbonyl (C=O) groups is 2. The van der Waals surface area contributed by atoms with Crippen molar-refractivity contribution in [3.63, 3.8) is 0 Å². The number of fused-ring (bicyclic) bond motifs is 2. The summed E-state index contributed by atoms with van der Waals surface area (Å²) in [6.45, 7) is 11.4. The Kier molecular flexibility index (Phi) is 4.86. The lowest BCUT2D eigenvalue weighted by atomic mass is 9.64. The number of nitrogens with one attached hydrogen (secondary N) is 1. The smallest absolute Gasteiger partial charge is 0.228 e. The number of carbonyl (C=O) groups excluding carboxylic acids is 2. The molecular weight excluding hydrogens is 372 g/mol. The van der Waals surface area contributed by atoms with Gasteiger partial charge in [0.1, 0.15) is 0 Å². The fourth-order valence-corrected chi connectivity index (χ4v) is 6.46. The lowest BCUT2D eigenvalue weighted by molar-refractivity contribution is -0.135. The Bertz CT molecular complexity index is 532. The Labute approximate surface area is 153 Å². The zero-order chi connectivity index (χ0) is 17.6. The van der Waals surface area contributed by atoms with Crippen molar-refractivity contribution in [1.82, 2.24) is 10.2 Å². The van der Waals surface area contributed by atoms with Crippen molar-refractivity contribution in [2.45, 2.75) is 44.9 Å². The van der Waals surface area contributed by atoms with Crippen molar-refractivity contribution in [2.24, 2.45) is 16.2 Å². The number of alkyl halides is 1. The molecule has 0 unspecified atom stereocenters. The van der Waals surface area contributed by atoms with Gasteiger partial charge in [0.15, 0.2) is 5.78 Å². The number of morpholine rings is 1. The first-order chi connectivity index (χ1) is 11.3. The molecule has 3 fully saturated rings. The van der Waals surface area contributed by atoms with Crippen LogP contribution in [-0.2, 0) is 14.3 Å². The van der Waals surface area contributed by atoms with Gasteiger partial charge in [-0.05, 0) is 31.2 Å². The van der Waals surface area contributed by atoms with Crippen LogP contribution in [0.2, 0.25) is 0 Å². The SMILES string of the molecule is CC1(C)[C@@]2(C)CC[C@@]1(C(=O)NCCCN1CCOCC1)[C@H](Br)C2=O. The molecule has 1 heterocycles. The minimum atomic E-state index is -0.613. The lowest BCUT2D eigenvalue weighted by Crippen LogP contribution is -2.51. The van der Waals surface area contributed by atoms with E-state index < -0.39 is 10.8 Å². The fourth-order valence-electron chi connectivity index (χ4n) is 4.94. The van der Waals surface area contributed by atoms with Gasteiger partial charge >= 0.3 is 0 Å². The van der Waals surface area contributed by atoms with Crippen molar-refractivity contribution in [2.75, 3.05) is 39.4 Å². The van der Waals surface area contributed by atoms with Gasteiger partial charge in [0.25, 0.3) is 0 Å². The Hall–Kier alpha value is -0.460. The largest absolute Gasteiger partial charge is 0.379 e. The summed E-state index contributed by atoms with van der Waals surface area (Å²) < 4.78 is 5.35. The molecule has 1 N–H and O–H groups in total. The van der Waals surface area contributed by atoms with Crippen LogP contribution in [0.25, 0.3) is 0 Å². The molecule has 136 valence electrons. The van der Waals surface area contributed by atoms with Gasteiger partial charge in [-0.2, -0.15) is 0 Å². The molecule has 1 saturated heterocycles. The lowest BCUT2D eigenvalue weighted by Gasteiger charge is -2.39. The number of ether oxygens (including phenoxy) is 1. The Morgan fingerprint density at radius 2 is 1.96 bits per heavy atom. The average Bonchev–Trinajstić information content (AvgIpc) is 2.84.